The monoisotopic (exact) mass is 365 g/mol. The molecule has 1 aliphatic rings. The standard InChI is InChI=1S/C24H47NO/c1-2-3-4-5-6-7-8-9-10-11-12-13-14-15-16-17-18-19-20-21-24(26)25-22-23-25/h2-23H2,1H3. The summed E-state index contributed by atoms with van der Waals surface area (Å²) in [4.78, 5) is 13.5. The first-order valence-electron chi connectivity index (χ1n) is 12.1. The summed E-state index contributed by atoms with van der Waals surface area (Å²) in [5.41, 5.74) is 0. The van der Waals surface area contributed by atoms with E-state index in [1.807, 2.05) is 4.90 Å². The summed E-state index contributed by atoms with van der Waals surface area (Å²) in [6, 6.07) is 0. The van der Waals surface area contributed by atoms with E-state index in [-0.39, 0.29) is 0 Å². The highest BCUT2D eigenvalue weighted by Gasteiger charge is 2.22. The van der Waals surface area contributed by atoms with Crippen LogP contribution in [0.5, 0.6) is 0 Å². The van der Waals surface area contributed by atoms with Crippen LogP contribution < -0.4 is 0 Å². The quantitative estimate of drug-likeness (QED) is 0.160. The van der Waals surface area contributed by atoms with Gasteiger partial charge in [-0.25, -0.2) is 0 Å². The predicted molar refractivity (Wildman–Crippen MR) is 115 cm³/mol. The van der Waals surface area contributed by atoms with E-state index >= 15 is 0 Å². The summed E-state index contributed by atoms with van der Waals surface area (Å²) in [7, 11) is 0. The second kappa shape index (κ2) is 17.9. The molecular weight excluding hydrogens is 318 g/mol. The summed E-state index contributed by atoms with van der Waals surface area (Å²) >= 11 is 0. The van der Waals surface area contributed by atoms with Crippen LogP contribution in [0.4, 0.5) is 0 Å². The van der Waals surface area contributed by atoms with Gasteiger partial charge in [0, 0.05) is 19.5 Å². The molecule has 0 aromatic rings. The van der Waals surface area contributed by atoms with Crippen LogP contribution in [0.2, 0.25) is 0 Å². The number of carbonyl (C=O) groups is 1. The van der Waals surface area contributed by atoms with Gasteiger partial charge in [-0.15, -0.1) is 0 Å². The Morgan fingerprint density at radius 1 is 0.538 bits per heavy atom. The van der Waals surface area contributed by atoms with Gasteiger partial charge in [-0.1, -0.05) is 122 Å². The Balaban J connectivity index is 1.63. The third-order valence-corrected chi connectivity index (χ3v) is 5.79. The largest absolute Gasteiger partial charge is 0.339 e. The first-order chi connectivity index (χ1) is 12.8. The van der Waals surface area contributed by atoms with E-state index in [0.29, 0.717) is 5.91 Å². The minimum atomic E-state index is 0.386. The van der Waals surface area contributed by atoms with Crippen molar-refractivity contribution in [3.8, 4) is 0 Å². The maximum absolute atomic E-state index is 11.5. The van der Waals surface area contributed by atoms with Gasteiger partial charge in [0.2, 0.25) is 5.91 Å². The molecule has 0 saturated carbocycles. The third-order valence-electron chi connectivity index (χ3n) is 5.79. The molecule has 1 amide bonds. The van der Waals surface area contributed by atoms with E-state index in [1.54, 1.807) is 0 Å². The lowest BCUT2D eigenvalue weighted by Gasteiger charge is -2.04. The van der Waals surface area contributed by atoms with Gasteiger partial charge in [0.25, 0.3) is 0 Å². The minimum Gasteiger partial charge on any atom is -0.339 e. The molecule has 2 heteroatoms. The number of hydrogen-bond acceptors (Lipinski definition) is 1. The zero-order valence-electron chi connectivity index (χ0n) is 17.9. The summed E-state index contributed by atoms with van der Waals surface area (Å²) in [5, 5.41) is 0. The van der Waals surface area contributed by atoms with E-state index < -0.39 is 0 Å². The molecule has 2 nitrogen and oxygen atoms in total. The van der Waals surface area contributed by atoms with E-state index in [2.05, 4.69) is 6.92 Å². The molecular formula is C24H47NO. The lowest BCUT2D eigenvalue weighted by atomic mass is 10.0. The number of rotatable bonds is 20. The average molecular weight is 366 g/mol. The zero-order valence-corrected chi connectivity index (χ0v) is 17.9. The van der Waals surface area contributed by atoms with Crippen molar-refractivity contribution >= 4 is 5.91 Å². The van der Waals surface area contributed by atoms with Crippen LogP contribution in [0.3, 0.4) is 0 Å². The van der Waals surface area contributed by atoms with Crippen LogP contribution in [0.25, 0.3) is 0 Å². The van der Waals surface area contributed by atoms with Crippen LogP contribution in [0.15, 0.2) is 0 Å². The highest BCUT2D eigenvalue weighted by atomic mass is 16.2. The van der Waals surface area contributed by atoms with Crippen molar-refractivity contribution in [3.05, 3.63) is 0 Å². The normalized spacial score (nSPS) is 13.3. The van der Waals surface area contributed by atoms with Crippen LogP contribution in [-0.4, -0.2) is 23.9 Å². The Bertz CT molecular complexity index is 311. The van der Waals surface area contributed by atoms with Gasteiger partial charge in [0.1, 0.15) is 0 Å². The summed E-state index contributed by atoms with van der Waals surface area (Å²) in [5.74, 6) is 0.386. The molecule has 1 aliphatic heterocycles. The van der Waals surface area contributed by atoms with Crippen molar-refractivity contribution in [2.24, 2.45) is 0 Å². The molecule has 0 bridgehead atoms. The fourth-order valence-corrected chi connectivity index (χ4v) is 3.81. The van der Waals surface area contributed by atoms with E-state index in [9.17, 15) is 4.79 Å². The van der Waals surface area contributed by atoms with Gasteiger partial charge in [-0.05, 0) is 6.42 Å². The van der Waals surface area contributed by atoms with Gasteiger partial charge in [0.05, 0.1) is 0 Å². The molecule has 1 heterocycles. The van der Waals surface area contributed by atoms with Crippen LogP contribution in [0, 0.1) is 0 Å². The summed E-state index contributed by atoms with van der Waals surface area (Å²) < 4.78 is 0. The van der Waals surface area contributed by atoms with Gasteiger partial charge < -0.3 is 4.90 Å². The van der Waals surface area contributed by atoms with Crippen molar-refractivity contribution in [1.29, 1.82) is 0 Å². The number of hydrogen-bond donors (Lipinski definition) is 0. The molecule has 1 rings (SSSR count). The van der Waals surface area contributed by atoms with Gasteiger partial charge in [-0.2, -0.15) is 0 Å². The fraction of sp³-hybridized carbons (Fsp3) is 0.958. The van der Waals surface area contributed by atoms with Gasteiger partial charge >= 0.3 is 0 Å². The lowest BCUT2D eigenvalue weighted by Crippen LogP contribution is -2.09. The molecule has 26 heavy (non-hydrogen) atoms. The number of carbonyl (C=O) groups excluding carboxylic acids is 1. The Labute approximate surface area is 164 Å². The lowest BCUT2D eigenvalue weighted by molar-refractivity contribution is -0.125. The zero-order chi connectivity index (χ0) is 18.7. The summed E-state index contributed by atoms with van der Waals surface area (Å²) in [6.45, 7) is 4.32. The topological polar surface area (TPSA) is 20.1 Å². The smallest absolute Gasteiger partial charge is 0.222 e. The van der Waals surface area contributed by atoms with Crippen molar-refractivity contribution in [1.82, 2.24) is 4.90 Å². The molecule has 0 spiro atoms. The van der Waals surface area contributed by atoms with E-state index in [0.717, 1.165) is 25.9 Å². The molecule has 0 N–H and O–H groups in total. The molecule has 0 aliphatic carbocycles. The Hall–Kier alpha value is -0.530. The van der Waals surface area contributed by atoms with Crippen molar-refractivity contribution < 1.29 is 4.79 Å². The van der Waals surface area contributed by atoms with Crippen LogP contribution in [0.1, 0.15) is 135 Å². The molecule has 1 fully saturated rings. The second-order valence-corrected chi connectivity index (χ2v) is 8.49. The molecule has 154 valence electrons. The Kier molecular flexibility index (Phi) is 16.2. The first-order valence-corrected chi connectivity index (χ1v) is 12.1. The van der Waals surface area contributed by atoms with Crippen LogP contribution in [-0.2, 0) is 4.79 Å². The van der Waals surface area contributed by atoms with Crippen LogP contribution >= 0.6 is 0 Å². The second-order valence-electron chi connectivity index (χ2n) is 8.49. The fourth-order valence-electron chi connectivity index (χ4n) is 3.81. The number of nitrogens with zero attached hydrogens (tertiary/aromatic N) is 1. The Morgan fingerprint density at radius 2 is 0.846 bits per heavy atom. The molecule has 0 radical (unpaired) electrons. The van der Waals surface area contributed by atoms with Crippen molar-refractivity contribution in [2.45, 2.75) is 135 Å². The molecule has 0 atom stereocenters. The minimum absolute atomic E-state index is 0.386. The maximum Gasteiger partial charge on any atom is 0.222 e. The third kappa shape index (κ3) is 15.7. The highest BCUT2D eigenvalue weighted by molar-refractivity contribution is 5.78. The number of amides is 1. The summed E-state index contributed by atoms with van der Waals surface area (Å²) in [6.07, 6.45) is 27.5. The van der Waals surface area contributed by atoms with Crippen molar-refractivity contribution in [2.75, 3.05) is 13.1 Å². The van der Waals surface area contributed by atoms with Gasteiger partial charge in [0.15, 0.2) is 0 Å². The van der Waals surface area contributed by atoms with Crippen molar-refractivity contribution in [3.63, 3.8) is 0 Å². The predicted octanol–water partition coefficient (Wildman–Crippen LogP) is 7.65. The van der Waals surface area contributed by atoms with E-state index in [4.69, 9.17) is 0 Å². The Morgan fingerprint density at radius 3 is 1.15 bits per heavy atom. The SMILES string of the molecule is CCCCCCCCCCCCCCCCCCCCCC(=O)N1CC1. The first kappa shape index (κ1) is 23.5. The number of unbranched alkanes of at least 4 members (excludes halogenated alkanes) is 18. The highest BCUT2D eigenvalue weighted by Crippen LogP contribution is 2.15. The molecule has 0 aromatic carbocycles. The maximum atomic E-state index is 11.5. The molecule has 0 unspecified atom stereocenters. The average Bonchev–Trinajstić information content (AvgIpc) is 3.48. The molecule has 1 saturated heterocycles. The van der Waals surface area contributed by atoms with E-state index in [1.165, 1.54) is 116 Å². The van der Waals surface area contributed by atoms with Gasteiger partial charge in [-0.3, -0.25) is 4.79 Å². The molecule has 0 aromatic heterocycles.